The Labute approximate surface area is 156 Å². The van der Waals surface area contributed by atoms with Gasteiger partial charge in [-0.15, -0.1) is 0 Å². The monoisotopic (exact) mass is 355 g/mol. The first-order chi connectivity index (χ1) is 12.3. The predicted octanol–water partition coefficient (Wildman–Crippen LogP) is 4.26. The summed E-state index contributed by atoms with van der Waals surface area (Å²) in [6, 6.07) is 15.6. The summed E-state index contributed by atoms with van der Waals surface area (Å²) < 4.78 is 11.5. The Morgan fingerprint density at radius 1 is 1.00 bits per heavy atom. The third-order valence-electron chi connectivity index (χ3n) is 4.04. The van der Waals surface area contributed by atoms with Crippen molar-refractivity contribution in [3.63, 3.8) is 0 Å². The first-order valence-electron chi connectivity index (χ1n) is 8.97. The van der Waals surface area contributed by atoms with Gasteiger partial charge in [-0.1, -0.05) is 57.2 Å². The lowest BCUT2D eigenvalue weighted by atomic mass is 9.86. The van der Waals surface area contributed by atoms with Gasteiger partial charge in [0.15, 0.2) is 6.61 Å². The highest BCUT2D eigenvalue weighted by Crippen LogP contribution is 2.30. The van der Waals surface area contributed by atoms with Crippen LogP contribution in [0.1, 0.15) is 38.8 Å². The minimum atomic E-state index is -0.158. The molecule has 2 aromatic rings. The Morgan fingerprint density at radius 2 is 1.62 bits per heavy atom. The van der Waals surface area contributed by atoms with Crippen LogP contribution in [0.5, 0.6) is 11.5 Å². The molecule has 0 aliphatic rings. The normalized spacial score (nSPS) is 12.3. The first kappa shape index (κ1) is 19.8. The molecule has 2 rings (SSSR count). The molecule has 0 spiro atoms. The molecule has 0 heterocycles. The van der Waals surface area contributed by atoms with Crippen molar-refractivity contribution in [2.24, 2.45) is 0 Å². The van der Waals surface area contributed by atoms with Gasteiger partial charge in [-0.25, -0.2) is 0 Å². The van der Waals surface area contributed by atoms with Crippen LogP contribution in [0.25, 0.3) is 0 Å². The van der Waals surface area contributed by atoms with Crippen molar-refractivity contribution in [2.75, 3.05) is 13.2 Å². The van der Waals surface area contributed by atoms with Crippen LogP contribution < -0.4 is 14.8 Å². The van der Waals surface area contributed by atoms with Crippen LogP contribution >= 0.6 is 0 Å². The maximum atomic E-state index is 12.2. The summed E-state index contributed by atoms with van der Waals surface area (Å²) >= 11 is 0. The maximum Gasteiger partial charge on any atom is 0.258 e. The van der Waals surface area contributed by atoms with E-state index in [9.17, 15) is 4.79 Å². The Bertz CT molecular complexity index is 734. The standard InChI is InChI=1S/C22H29NO3/c1-16-10-6-8-12-19(16)25-14-17(2)23-21(24)15-26-20-13-9-7-11-18(20)22(3,4)5/h6-13,17H,14-15H2,1-5H3,(H,23,24). The number of nitrogens with one attached hydrogen (secondary N) is 1. The molecule has 0 fully saturated rings. The second-order valence-corrected chi connectivity index (χ2v) is 7.58. The molecule has 0 saturated carbocycles. The van der Waals surface area contributed by atoms with Crippen molar-refractivity contribution in [3.05, 3.63) is 59.7 Å². The highest BCUT2D eigenvalue weighted by molar-refractivity contribution is 5.77. The third-order valence-corrected chi connectivity index (χ3v) is 4.04. The van der Waals surface area contributed by atoms with E-state index >= 15 is 0 Å². The molecule has 140 valence electrons. The highest BCUT2D eigenvalue weighted by Gasteiger charge is 2.19. The molecule has 1 unspecified atom stereocenters. The molecule has 0 aromatic heterocycles. The molecule has 0 saturated heterocycles. The van der Waals surface area contributed by atoms with Gasteiger partial charge in [-0.2, -0.15) is 0 Å². The van der Waals surface area contributed by atoms with Crippen LogP contribution in [0.2, 0.25) is 0 Å². The van der Waals surface area contributed by atoms with Crippen molar-refractivity contribution >= 4 is 5.91 Å². The summed E-state index contributed by atoms with van der Waals surface area (Å²) in [6.07, 6.45) is 0. The average Bonchev–Trinajstić information content (AvgIpc) is 2.59. The minimum Gasteiger partial charge on any atom is -0.491 e. The summed E-state index contributed by atoms with van der Waals surface area (Å²) in [5, 5.41) is 2.91. The topological polar surface area (TPSA) is 47.6 Å². The summed E-state index contributed by atoms with van der Waals surface area (Å²) in [6.45, 7) is 10.7. The van der Waals surface area contributed by atoms with Gasteiger partial charge in [0.2, 0.25) is 0 Å². The summed E-state index contributed by atoms with van der Waals surface area (Å²) in [5.41, 5.74) is 2.12. The van der Waals surface area contributed by atoms with Crippen molar-refractivity contribution in [3.8, 4) is 11.5 Å². The van der Waals surface area contributed by atoms with Gasteiger partial charge in [0.1, 0.15) is 18.1 Å². The Morgan fingerprint density at radius 3 is 2.27 bits per heavy atom. The second-order valence-electron chi connectivity index (χ2n) is 7.58. The molecule has 2 aromatic carbocycles. The molecule has 0 aliphatic carbocycles. The number of hydrogen-bond acceptors (Lipinski definition) is 3. The van der Waals surface area contributed by atoms with E-state index in [1.165, 1.54) is 0 Å². The van der Waals surface area contributed by atoms with Gasteiger partial charge in [0.25, 0.3) is 5.91 Å². The zero-order valence-electron chi connectivity index (χ0n) is 16.3. The molecule has 1 N–H and O–H groups in total. The van der Waals surface area contributed by atoms with Gasteiger partial charge in [-0.3, -0.25) is 4.79 Å². The number of carbonyl (C=O) groups is 1. The number of amides is 1. The molecule has 4 nitrogen and oxygen atoms in total. The van der Waals surface area contributed by atoms with E-state index in [4.69, 9.17) is 9.47 Å². The number of aryl methyl sites for hydroxylation is 1. The van der Waals surface area contributed by atoms with E-state index < -0.39 is 0 Å². The van der Waals surface area contributed by atoms with Crippen LogP contribution in [0.15, 0.2) is 48.5 Å². The zero-order valence-corrected chi connectivity index (χ0v) is 16.3. The van der Waals surface area contributed by atoms with Crippen LogP contribution in [-0.4, -0.2) is 25.2 Å². The quantitative estimate of drug-likeness (QED) is 0.807. The molecule has 1 atom stereocenters. The van der Waals surface area contributed by atoms with Crippen molar-refractivity contribution in [1.29, 1.82) is 0 Å². The van der Waals surface area contributed by atoms with E-state index in [1.807, 2.05) is 62.4 Å². The van der Waals surface area contributed by atoms with Gasteiger partial charge >= 0.3 is 0 Å². The Hall–Kier alpha value is -2.49. The molecule has 0 radical (unpaired) electrons. The average molecular weight is 355 g/mol. The van der Waals surface area contributed by atoms with Gasteiger partial charge in [0, 0.05) is 0 Å². The smallest absolute Gasteiger partial charge is 0.258 e. The fourth-order valence-corrected chi connectivity index (χ4v) is 2.65. The van der Waals surface area contributed by atoms with Crippen molar-refractivity contribution in [1.82, 2.24) is 5.32 Å². The Balaban J connectivity index is 1.83. The van der Waals surface area contributed by atoms with Crippen LogP contribution in [-0.2, 0) is 10.2 Å². The summed E-state index contributed by atoms with van der Waals surface area (Å²) in [7, 11) is 0. The fraction of sp³-hybridized carbons (Fsp3) is 0.409. The Kier molecular flexibility index (Phi) is 6.67. The summed E-state index contributed by atoms with van der Waals surface area (Å²) in [5.74, 6) is 1.43. The van der Waals surface area contributed by atoms with E-state index in [2.05, 4.69) is 26.1 Å². The molecule has 1 amide bonds. The van der Waals surface area contributed by atoms with E-state index in [0.717, 1.165) is 22.6 Å². The van der Waals surface area contributed by atoms with Gasteiger partial charge in [0.05, 0.1) is 6.04 Å². The molecule has 0 aliphatic heterocycles. The molecule has 4 heteroatoms. The second kappa shape index (κ2) is 8.75. The number of rotatable bonds is 7. The predicted molar refractivity (Wildman–Crippen MR) is 105 cm³/mol. The fourth-order valence-electron chi connectivity index (χ4n) is 2.65. The van der Waals surface area contributed by atoms with Crippen LogP contribution in [0.4, 0.5) is 0 Å². The number of ether oxygens (including phenoxy) is 2. The maximum absolute atomic E-state index is 12.2. The first-order valence-corrected chi connectivity index (χ1v) is 8.97. The lowest BCUT2D eigenvalue weighted by Gasteiger charge is -2.23. The van der Waals surface area contributed by atoms with Crippen molar-refractivity contribution < 1.29 is 14.3 Å². The van der Waals surface area contributed by atoms with Crippen molar-refractivity contribution in [2.45, 2.75) is 46.1 Å². The molecule has 26 heavy (non-hydrogen) atoms. The number of benzene rings is 2. The van der Waals surface area contributed by atoms with Crippen LogP contribution in [0, 0.1) is 6.92 Å². The minimum absolute atomic E-state index is 0.0121. The van der Waals surface area contributed by atoms with E-state index in [0.29, 0.717) is 6.61 Å². The van der Waals surface area contributed by atoms with E-state index in [1.54, 1.807) is 0 Å². The summed E-state index contributed by atoms with van der Waals surface area (Å²) in [4.78, 5) is 12.2. The molecule has 0 bridgehead atoms. The third kappa shape index (κ3) is 5.80. The number of para-hydroxylation sites is 2. The van der Waals surface area contributed by atoms with Crippen LogP contribution in [0.3, 0.4) is 0 Å². The zero-order chi connectivity index (χ0) is 19.2. The van der Waals surface area contributed by atoms with Gasteiger partial charge < -0.3 is 14.8 Å². The SMILES string of the molecule is Cc1ccccc1OCC(C)NC(=O)COc1ccccc1C(C)(C)C. The number of carbonyl (C=O) groups excluding carboxylic acids is 1. The van der Waals surface area contributed by atoms with E-state index in [-0.39, 0.29) is 24.0 Å². The lowest BCUT2D eigenvalue weighted by Crippen LogP contribution is -2.39. The lowest BCUT2D eigenvalue weighted by molar-refractivity contribution is -0.123. The van der Waals surface area contributed by atoms with Gasteiger partial charge in [-0.05, 0) is 42.5 Å². The highest BCUT2D eigenvalue weighted by atomic mass is 16.5. The largest absolute Gasteiger partial charge is 0.491 e. The molecular formula is C22H29NO3. The molecular weight excluding hydrogens is 326 g/mol. The number of hydrogen-bond donors (Lipinski definition) is 1.